The van der Waals surface area contributed by atoms with E-state index in [0.29, 0.717) is 32.5 Å². The van der Waals surface area contributed by atoms with Gasteiger partial charge in [0.1, 0.15) is 0 Å². The minimum atomic E-state index is -4.49. The summed E-state index contributed by atoms with van der Waals surface area (Å²) >= 11 is 0. The molecule has 2 aromatic carbocycles. The number of piperazine rings is 1. The maximum Gasteiger partial charge on any atom is 0.416 e. The van der Waals surface area contributed by atoms with Gasteiger partial charge in [-0.3, -0.25) is 9.59 Å². The summed E-state index contributed by atoms with van der Waals surface area (Å²) in [7, 11) is 0. The van der Waals surface area contributed by atoms with Crippen molar-refractivity contribution in [2.45, 2.75) is 38.4 Å². The molecule has 2 amide bonds. The van der Waals surface area contributed by atoms with E-state index < -0.39 is 11.7 Å². The minimum absolute atomic E-state index is 0.0531. The van der Waals surface area contributed by atoms with Crippen LogP contribution in [0.25, 0.3) is 11.5 Å². The van der Waals surface area contributed by atoms with Crippen LogP contribution in [-0.2, 0) is 28.6 Å². The van der Waals surface area contributed by atoms with Gasteiger partial charge in [-0.2, -0.15) is 18.2 Å². The number of benzene rings is 2. The summed E-state index contributed by atoms with van der Waals surface area (Å²) in [5.41, 5.74) is 0.408. The van der Waals surface area contributed by atoms with Crippen LogP contribution in [0, 0.1) is 0 Å². The zero-order valence-corrected chi connectivity index (χ0v) is 19.2. The lowest BCUT2D eigenvalue weighted by Crippen LogP contribution is -2.55. The van der Waals surface area contributed by atoms with Crippen LogP contribution < -0.4 is 0 Å². The molecule has 184 valence electrons. The lowest BCUT2D eigenvalue weighted by molar-refractivity contribution is -0.142. The highest BCUT2D eigenvalue weighted by molar-refractivity contribution is 5.80. The van der Waals surface area contributed by atoms with Crippen LogP contribution >= 0.6 is 0 Å². The fraction of sp³-hybridized carbons (Fsp3) is 0.360. The molecule has 1 saturated heterocycles. The highest BCUT2D eigenvalue weighted by Gasteiger charge is 2.32. The molecule has 0 N–H and O–H groups in total. The van der Waals surface area contributed by atoms with Crippen molar-refractivity contribution in [1.82, 2.24) is 19.9 Å². The van der Waals surface area contributed by atoms with E-state index in [1.165, 1.54) is 12.1 Å². The smallest absolute Gasteiger partial charge is 0.338 e. The number of alkyl halides is 3. The quantitative estimate of drug-likeness (QED) is 0.527. The number of halogens is 3. The molecule has 1 unspecified atom stereocenters. The number of aromatic nitrogens is 2. The van der Waals surface area contributed by atoms with Crippen LogP contribution in [0.4, 0.5) is 13.2 Å². The van der Waals surface area contributed by atoms with Crippen LogP contribution in [-0.4, -0.2) is 57.4 Å². The number of carbonyl (C=O) groups is 2. The second kappa shape index (κ2) is 10.3. The van der Waals surface area contributed by atoms with Gasteiger partial charge in [0.05, 0.1) is 12.0 Å². The second-order valence-electron chi connectivity index (χ2n) is 8.53. The highest BCUT2D eigenvalue weighted by Crippen LogP contribution is 2.31. The maximum absolute atomic E-state index is 13.0. The van der Waals surface area contributed by atoms with Crippen molar-refractivity contribution in [3.05, 3.63) is 71.5 Å². The third-order valence-corrected chi connectivity index (χ3v) is 5.99. The highest BCUT2D eigenvalue weighted by atomic mass is 19.4. The Kier molecular flexibility index (Phi) is 7.18. The molecule has 0 aliphatic carbocycles. The predicted molar refractivity (Wildman–Crippen MR) is 121 cm³/mol. The van der Waals surface area contributed by atoms with E-state index in [9.17, 15) is 22.8 Å². The Labute approximate surface area is 200 Å². The summed E-state index contributed by atoms with van der Waals surface area (Å²) in [6.07, 6.45) is -3.56. The average molecular weight is 486 g/mol. The predicted octanol–water partition coefficient (Wildman–Crippen LogP) is 3.99. The molecular formula is C25H25F3N4O3. The van der Waals surface area contributed by atoms with Gasteiger partial charge in [0.25, 0.3) is 5.89 Å². The third-order valence-electron chi connectivity index (χ3n) is 5.99. The van der Waals surface area contributed by atoms with Gasteiger partial charge in [0.2, 0.25) is 11.8 Å². The van der Waals surface area contributed by atoms with Gasteiger partial charge in [0.15, 0.2) is 5.82 Å². The molecule has 0 bridgehead atoms. The van der Waals surface area contributed by atoms with Gasteiger partial charge < -0.3 is 14.3 Å². The van der Waals surface area contributed by atoms with E-state index in [1.807, 2.05) is 37.3 Å². The van der Waals surface area contributed by atoms with E-state index >= 15 is 0 Å². The van der Waals surface area contributed by atoms with Gasteiger partial charge in [-0.1, -0.05) is 41.6 Å². The molecule has 0 saturated carbocycles. The number of nitrogens with zero attached hydrogens (tertiary/aromatic N) is 4. The minimum Gasteiger partial charge on any atom is -0.338 e. The molecule has 1 aliphatic rings. The SMILES string of the molecule is CC1CN(C(=O)Cc2noc(-c3cccc(C(F)(F)F)c3)n2)CCN1C(=O)CCc1ccccc1. The van der Waals surface area contributed by atoms with Crippen LogP contribution in [0.2, 0.25) is 0 Å². The van der Waals surface area contributed by atoms with Gasteiger partial charge in [-0.25, -0.2) is 0 Å². The third kappa shape index (κ3) is 6.06. The van der Waals surface area contributed by atoms with Crippen molar-refractivity contribution in [3.63, 3.8) is 0 Å². The Morgan fingerprint density at radius 3 is 2.54 bits per heavy atom. The maximum atomic E-state index is 13.0. The number of hydrogen-bond donors (Lipinski definition) is 0. The normalized spacial score (nSPS) is 16.4. The summed E-state index contributed by atoms with van der Waals surface area (Å²) in [6.45, 7) is 3.11. The molecule has 0 radical (unpaired) electrons. The monoisotopic (exact) mass is 486 g/mol. The molecule has 1 aromatic heterocycles. The van der Waals surface area contributed by atoms with E-state index in [4.69, 9.17) is 4.52 Å². The number of hydrogen-bond acceptors (Lipinski definition) is 5. The zero-order chi connectivity index (χ0) is 25.0. The number of amides is 2. The fourth-order valence-corrected chi connectivity index (χ4v) is 4.11. The standard InChI is InChI=1S/C25H25F3N4O3/c1-17-16-31(12-13-32(17)22(33)11-10-18-6-3-2-4-7-18)23(34)15-21-29-24(35-30-21)19-8-5-9-20(14-19)25(26,27)28/h2-9,14,17H,10-13,15-16H2,1H3. The average Bonchev–Trinajstić information content (AvgIpc) is 3.31. The van der Waals surface area contributed by atoms with Gasteiger partial charge >= 0.3 is 6.18 Å². The van der Waals surface area contributed by atoms with E-state index in [1.54, 1.807) is 9.80 Å². The number of aryl methyl sites for hydroxylation is 1. The molecule has 10 heteroatoms. The van der Waals surface area contributed by atoms with E-state index in [0.717, 1.165) is 17.7 Å². The Morgan fingerprint density at radius 1 is 1.06 bits per heavy atom. The lowest BCUT2D eigenvalue weighted by Gasteiger charge is -2.40. The van der Waals surface area contributed by atoms with Crippen molar-refractivity contribution in [2.24, 2.45) is 0 Å². The topological polar surface area (TPSA) is 79.5 Å². The van der Waals surface area contributed by atoms with Crippen molar-refractivity contribution < 1.29 is 27.3 Å². The van der Waals surface area contributed by atoms with Crippen molar-refractivity contribution in [1.29, 1.82) is 0 Å². The molecule has 35 heavy (non-hydrogen) atoms. The number of rotatable bonds is 6. The summed E-state index contributed by atoms with van der Waals surface area (Å²) in [5.74, 6) is -0.167. The Bertz CT molecular complexity index is 1180. The first kappa shape index (κ1) is 24.4. The number of carbonyl (C=O) groups excluding carboxylic acids is 2. The van der Waals surface area contributed by atoms with Gasteiger partial charge in [0, 0.05) is 37.7 Å². The first-order chi connectivity index (χ1) is 16.7. The molecular weight excluding hydrogens is 461 g/mol. The van der Waals surface area contributed by atoms with Crippen LogP contribution in [0.15, 0.2) is 59.1 Å². The molecule has 2 heterocycles. The van der Waals surface area contributed by atoms with Crippen molar-refractivity contribution in [2.75, 3.05) is 19.6 Å². The molecule has 3 aromatic rings. The molecule has 1 fully saturated rings. The van der Waals surface area contributed by atoms with Crippen LogP contribution in [0.3, 0.4) is 0 Å². The summed E-state index contributed by atoms with van der Waals surface area (Å²) in [6, 6.07) is 14.2. The van der Waals surface area contributed by atoms with Crippen molar-refractivity contribution in [3.8, 4) is 11.5 Å². The largest absolute Gasteiger partial charge is 0.416 e. The Balaban J connectivity index is 1.31. The molecule has 1 aliphatic heterocycles. The Hall–Kier alpha value is -3.69. The first-order valence-corrected chi connectivity index (χ1v) is 11.3. The Morgan fingerprint density at radius 2 is 1.83 bits per heavy atom. The molecule has 4 rings (SSSR count). The van der Waals surface area contributed by atoms with E-state index in [2.05, 4.69) is 10.1 Å². The summed E-state index contributed by atoms with van der Waals surface area (Å²) in [4.78, 5) is 33.0. The zero-order valence-electron chi connectivity index (χ0n) is 19.2. The van der Waals surface area contributed by atoms with Crippen molar-refractivity contribution >= 4 is 11.8 Å². The lowest BCUT2D eigenvalue weighted by atomic mass is 10.1. The summed E-state index contributed by atoms with van der Waals surface area (Å²) < 4.78 is 44.0. The van der Waals surface area contributed by atoms with Gasteiger partial charge in [-0.15, -0.1) is 0 Å². The first-order valence-electron chi connectivity index (χ1n) is 11.3. The van der Waals surface area contributed by atoms with Crippen LogP contribution in [0.1, 0.15) is 30.3 Å². The van der Waals surface area contributed by atoms with Crippen LogP contribution in [0.5, 0.6) is 0 Å². The fourth-order valence-electron chi connectivity index (χ4n) is 4.11. The molecule has 7 nitrogen and oxygen atoms in total. The second-order valence-corrected chi connectivity index (χ2v) is 8.53. The molecule has 0 spiro atoms. The van der Waals surface area contributed by atoms with E-state index in [-0.39, 0.29) is 41.6 Å². The molecule has 1 atom stereocenters. The summed E-state index contributed by atoms with van der Waals surface area (Å²) in [5, 5.41) is 3.76. The van der Waals surface area contributed by atoms with Gasteiger partial charge in [-0.05, 0) is 37.1 Å².